The number of carboxylic acids is 2. The number of hydrogen-bond donors (Lipinski definition) is 2. The monoisotopic (exact) mass is 272 g/mol. The summed E-state index contributed by atoms with van der Waals surface area (Å²) in [5.74, 6) is -2.64. The van der Waals surface area contributed by atoms with Crippen molar-refractivity contribution in [1.82, 2.24) is 0 Å². The van der Waals surface area contributed by atoms with Crippen molar-refractivity contribution in [3.63, 3.8) is 0 Å². The van der Waals surface area contributed by atoms with Gasteiger partial charge in [-0.2, -0.15) is 0 Å². The van der Waals surface area contributed by atoms with Crippen LogP contribution in [-0.4, -0.2) is 103 Å². The Morgan fingerprint density at radius 2 is 1.53 bits per heavy atom. The van der Waals surface area contributed by atoms with Gasteiger partial charge in [0, 0.05) is 0 Å². The summed E-state index contributed by atoms with van der Waals surface area (Å²) in [5, 5.41) is 17.8. The van der Waals surface area contributed by atoms with E-state index in [-0.39, 0.29) is 87.4 Å². The van der Waals surface area contributed by atoms with Crippen LogP contribution in [-0.2, 0) is 16.0 Å². The van der Waals surface area contributed by atoms with Crippen molar-refractivity contribution in [2.45, 2.75) is 13.3 Å². The summed E-state index contributed by atoms with van der Waals surface area (Å²) in [5.41, 5.74) is -1.06. The van der Waals surface area contributed by atoms with Gasteiger partial charge in [-0.25, -0.2) is 0 Å². The Morgan fingerprint density at radius 3 is 1.88 bits per heavy atom. The molecule has 1 rings (SSSR count). The third kappa shape index (κ3) is 5.53. The number of aliphatic carboxylic acids is 2. The first-order valence-electron chi connectivity index (χ1n) is 4.47. The van der Waals surface area contributed by atoms with Crippen LogP contribution in [0, 0.1) is 5.41 Å². The van der Waals surface area contributed by atoms with Crippen LogP contribution in [0.3, 0.4) is 0 Å². The number of rotatable bonds is 4. The molecule has 0 aliphatic heterocycles. The molecule has 0 aliphatic carbocycles. The first-order chi connectivity index (χ1) is 6.97. The second-order valence-corrected chi connectivity index (χ2v) is 3.60. The van der Waals surface area contributed by atoms with Gasteiger partial charge >= 0.3 is 92.9 Å². The second-order valence-electron chi connectivity index (χ2n) is 3.60. The van der Waals surface area contributed by atoms with Crippen molar-refractivity contribution in [1.29, 1.82) is 0 Å². The average Bonchev–Trinajstić information content (AvgIpc) is 2.18. The van der Waals surface area contributed by atoms with Gasteiger partial charge in [0.05, 0.1) is 0 Å². The van der Waals surface area contributed by atoms with Crippen LogP contribution in [0.15, 0.2) is 30.3 Å². The molecule has 17 heavy (non-hydrogen) atoms. The molecule has 1 aromatic carbocycles. The third-order valence-corrected chi connectivity index (χ3v) is 2.34. The molecular weight excluding hydrogens is 258 g/mol. The molecule has 0 amide bonds. The predicted molar refractivity (Wildman–Crippen MR) is 67.8 cm³/mol. The number of hydrogen-bond acceptors (Lipinski definition) is 2. The topological polar surface area (TPSA) is 74.6 Å². The molecule has 0 aliphatic rings. The minimum absolute atomic E-state index is 0. The maximum atomic E-state index is 10.9. The molecule has 0 spiro atoms. The second kappa shape index (κ2) is 8.82. The van der Waals surface area contributed by atoms with E-state index in [4.69, 9.17) is 10.2 Å². The maximum absolute atomic E-state index is 10.9. The van der Waals surface area contributed by atoms with E-state index in [1.807, 2.05) is 0 Å². The number of carboxylic acid groups (broad SMARTS) is 2. The predicted octanol–water partition coefficient (Wildman–Crippen LogP) is 0.108. The Labute approximate surface area is 165 Å². The Kier molecular flexibility index (Phi) is 10.4. The molecule has 0 fully saturated rings. The van der Waals surface area contributed by atoms with Gasteiger partial charge in [0.1, 0.15) is 0 Å². The van der Waals surface area contributed by atoms with Crippen LogP contribution in [0.25, 0.3) is 0 Å². The normalized spacial score (nSPS) is 9.71. The Hall–Kier alpha value is 0.796. The van der Waals surface area contributed by atoms with E-state index in [0.717, 1.165) is 0 Å². The van der Waals surface area contributed by atoms with Crippen molar-refractivity contribution < 1.29 is 19.8 Å². The molecule has 0 atom stereocenters. The van der Waals surface area contributed by atoms with E-state index in [0.29, 0.717) is 5.56 Å². The molecule has 84 valence electrons. The first-order valence-corrected chi connectivity index (χ1v) is 4.47. The van der Waals surface area contributed by atoms with Crippen LogP contribution in [0.4, 0.5) is 0 Å². The quantitative estimate of drug-likeness (QED) is 0.602. The van der Waals surface area contributed by atoms with Crippen molar-refractivity contribution in [3.8, 4) is 0 Å². The Bertz CT molecular complexity index is 366. The SMILES string of the molecule is CC(Cc1ccccc1)(C(=O)O)C(=O)O.[KH].[NaH]. The zero-order chi connectivity index (χ0) is 11.5. The van der Waals surface area contributed by atoms with Crippen LogP contribution < -0.4 is 0 Å². The molecule has 0 heterocycles. The molecular formula is C11H14KNaO4. The fraction of sp³-hybridized carbons (Fsp3) is 0.273. The van der Waals surface area contributed by atoms with Gasteiger partial charge in [-0.1, -0.05) is 30.3 Å². The summed E-state index contributed by atoms with van der Waals surface area (Å²) in [4.78, 5) is 21.8. The molecule has 0 unspecified atom stereocenters. The van der Waals surface area contributed by atoms with Crippen LogP contribution in [0.1, 0.15) is 12.5 Å². The zero-order valence-electron chi connectivity index (χ0n) is 8.30. The zero-order valence-corrected chi connectivity index (χ0v) is 8.30. The van der Waals surface area contributed by atoms with Crippen LogP contribution in [0.2, 0.25) is 0 Å². The van der Waals surface area contributed by atoms with Gasteiger partial charge in [-0.3, -0.25) is 9.59 Å². The van der Waals surface area contributed by atoms with Gasteiger partial charge in [0.15, 0.2) is 5.41 Å². The van der Waals surface area contributed by atoms with Gasteiger partial charge < -0.3 is 10.2 Å². The van der Waals surface area contributed by atoms with Crippen molar-refractivity contribution >= 4 is 92.9 Å². The van der Waals surface area contributed by atoms with E-state index in [9.17, 15) is 9.59 Å². The molecule has 0 bridgehead atoms. The van der Waals surface area contributed by atoms with E-state index >= 15 is 0 Å². The Morgan fingerprint density at radius 1 is 1.12 bits per heavy atom. The average molecular weight is 272 g/mol. The summed E-state index contributed by atoms with van der Waals surface area (Å²) in [7, 11) is 0. The van der Waals surface area contributed by atoms with E-state index < -0.39 is 17.4 Å². The van der Waals surface area contributed by atoms with Crippen molar-refractivity contribution in [3.05, 3.63) is 35.9 Å². The molecule has 0 radical (unpaired) electrons. The molecule has 0 saturated carbocycles. The number of carbonyl (C=O) groups is 2. The van der Waals surface area contributed by atoms with Crippen LogP contribution >= 0.6 is 0 Å². The summed E-state index contributed by atoms with van der Waals surface area (Å²) < 4.78 is 0. The van der Waals surface area contributed by atoms with Crippen LogP contribution in [0.5, 0.6) is 0 Å². The van der Waals surface area contributed by atoms with E-state index in [1.165, 1.54) is 6.92 Å². The van der Waals surface area contributed by atoms with Gasteiger partial charge in [0.2, 0.25) is 0 Å². The van der Waals surface area contributed by atoms with Gasteiger partial charge in [0.25, 0.3) is 0 Å². The van der Waals surface area contributed by atoms with E-state index in [1.54, 1.807) is 30.3 Å². The molecule has 0 aromatic heterocycles. The molecule has 4 nitrogen and oxygen atoms in total. The van der Waals surface area contributed by atoms with E-state index in [2.05, 4.69) is 0 Å². The molecule has 0 saturated heterocycles. The summed E-state index contributed by atoms with van der Waals surface area (Å²) in [6.07, 6.45) is -0.0154. The standard InChI is InChI=1S/C11H12O4.K.Na.2H/c1-11(9(12)13,10(14)15)7-8-5-3-2-4-6-8;;;;/h2-6H,7H2,1H3,(H,12,13)(H,14,15);;;;. The Balaban J connectivity index is 0. The summed E-state index contributed by atoms with van der Waals surface area (Å²) in [6.45, 7) is 1.21. The van der Waals surface area contributed by atoms with Crippen molar-refractivity contribution in [2.75, 3.05) is 0 Å². The van der Waals surface area contributed by atoms with Gasteiger partial charge in [-0.05, 0) is 18.9 Å². The fourth-order valence-electron chi connectivity index (χ4n) is 1.25. The summed E-state index contributed by atoms with van der Waals surface area (Å²) in [6, 6.07) is 8.72. The fourth-order valence-corrected chi connectivity index (χ4v) is 1.25. The summed E-state index contributed by atoms with van der Waals surface area (Å²) >= 11 is 0. The minimum atomic E-state index is -1.76. The number of benzene rings is 1. The molecule has 1 aromatic rings. The molecule has 6 heteroatoms. The van der Waals surface area contributed by atoms with Gasteiger partial charge in [-0.15, -0.1) is 0 Å². The van der Waals surface area contributed by atoms with Crippen molar-refractivity contribution in [2.24, 2.45) is 5.41 Å². The first kappa shape index (κ1) is 20.1. The third-order valence-electron chi connectivity index (χ3n) is 2.34. The molecule has 2 N–H and O–H groups in total.